The normalized spacial score (nSPS) is 12.9. The van der Waals surface area contributed by atoms with Gasteiger partial charge < -0.3 is 0 Å². The van der Waals surface area contributed by atoms with Gasteiger partial charge in [-0.2, -0.15) is 0 Å². The van der Waals surface area contributed by atoms with Gasteiger partial charge in [-0.15, -0.1) is 0 Å². The summed E-state index contributed by atoms with van der Waals surface area (Å²) in [5.74, 6) is 0.769. The SMILES string of the molecule is Cc1cc(C)c(CCC(C)CBr)c(C)c1. The third-order valence-electron chi connectivity index (χ3n) is 2.99. The van der Waals surface area contributed by atoms with Crippen LogP contribution < -0.4 is 0 Å². The first-order valence-electron chi connectivity index (χ1n) is 5.67. The molecule has 84 valence electrons. The Morgan fingerprint density at radius 1 is 1.13 bits per heavy atom. The van der Waals surface area contributed by atoms with Crippen molar-refractivity contribution in [3.8, 4) is 0 Å². The molecule has 0 saturated heterocycles. The minimum absolute atomic E-state index is 0.769. The summed E-state index contributed by atoms with van der Waals surface area (Å²) in [6, 6.07) is 4.59. The Morgan fingerprint density at radius 2 is 1.67 bits per heavy atom. The largest absolute Gasteiger partial charge is 0.0925 e. The molecule has 15 heavy (non-hydrogen) atoms. The van der Waals surface area contributed by atoms with E-state index in [9.17, 15) is 0 Å². The lowest BCUT2D eigenvalue weighted by Gasteiger charge is -2.13. The fraction of sp³-hybridized carbons (Fsp3) is 0.571. The molecule has 0 spiro atoms. The molecular formula is C14H21Br. The van der Waals surface area contributed by atoms with E-state index in [0.717, 1.165) is 11.2 Å². The van der Waals surface area contributed by atoms with Gasteiger partial charge in [0.05, 0.1) is 0 Å². The Bertz CT molecular complexity index is 305. The lowest BCUT2D eigenvalue weighted by molar-refractivity contribution is 0.597. The zero-order valence-electron chi connectivity index (χ0n) is 10.2. The fourth-order valence-electron chi connectivity index (χ4n) is 2.07. The topological polar surface area (TPSA) is 0 Å². The van der Waals surface area contributed by atoms with Gasteiger partial charge in [0.25, 0.3) is 0 Å². The van der Waals surface area contributed by atoms with E-state index in [2.05, 4.69) is 55.8 Å². The Labute approximate surface area is 102 Å². The van der Waals surface area contributed by atoms with E-state index in [4.69, 9.17) is 0 Å². The standard InChI is InChI=1S/C14H21Br/c1-10(9-15)5-6-14-12(3)7-11(2)8-13(14)4/h7-8,10H,5-6,9H2,1-4H3. The molecule has 0 radical (unpaired) electrons. The number of rotatable bonds is 4. The van der Waals surface area contributed by atoms with Crippen molar-refractivity contribution in [2.24, 2.45) is 5.92 Å². The lowest BCUT2D eigenvalue weighted by Crippen LogP contribution is -2.01. The molecule has 1 atom stereocenters. The quantitative estimate of drug-likeness (QED) is 0.702. The molecule has 0 aliphatic rings. The van der Waals surface area contributed by atoms with Crippen LogP contribution in [-0.4, -0.2) is 5.33 Å². The van der Waals surface area contributed by atoms with E-state index in [1.807, 2.05) is 0 Å². The Balaban J connectivity index is 2.77. The van der Waals surface area contributed by atoms with Gasteiger partial charge >= 0.3 is 0 Å². The highest BCUT2D eigenvalue weighted by Crippen LogP contribution is 2.20. The summed E-state index contributed by atoms with van der Waals surface area (Å²) >= 11 is 3.54. The van der Waals surface area contributed by atoms with Crippen LogP contribution in [0.25, 0.3) is 0 Å². The van der Waals surface area contributed by atoms with Crippen molar-refractivity contribution >= 4 is 15.9 Å². The number of benzene rings is 1. The van der Waals surface area contributed by atoms with E-state index >= 15 is 0 Å². The highest BCUT2D eigenvalue weighted by molar-refractivity contribution is 9.09. The van der Waals surface area contributed by atoms with Crippen LogP contribution in [0.4, 0.5) is 0 Å². The minimum Gasteiger partial charge on any atom is -0.0925 e. The lowest BCUT2D eigenvalue weighted by atomic mass is 9.94. The molecule has 0 heterocycles. The van der Waals surface area contributed by atoms with Gasteiger partial charge in [-0.25, -0.2) is 0 Å². The summed E-state index contributed by atoms with van der Waals surface area (Å²) < 4.78 is 0. The number of hydrogen-bond acceptors (Lipinski definition) is 0. The van der Waals surface area contributed by atoms with E-state index in [1.165, 1.54) is 29.5 Å². The molecule has 0 aliphatic heterocycles. The number of alkyl halides is 1. The van der Waals surface area contributed by atoms with E-state index in [0.29, 0.717) is 0 Å². The summed E-state index contributed by atoms with van der Waals surface area (Å²) in [7, 11) is 0. The number of halogens is 1. The van der Waals surface area contributed by atoms with E-state index in [1.54, 1.807) is 5.56 Å². The van der Waals surface area contributed by atoms with Crippen molar-refractivity contribution in [3.05, 3.63) is 34.4 Å². The molecule has 0 bridgehead atoms. The Hall–Kier alpha value is -0.300. The first kappa shape index (κ1) is 12.8. The molecule has 1 rings (SSSR count). The summed E-state index contributed by atoms with van der Waals surface area (Å²) in [4.78, 5) is 0. The van der Waals surface area contributed by atoms with Crippen molar-refractivity contribution < 1.29 is 0 Å². The Morgan fingerprint density at radius 3 is 2.13 bits per heavy atom. The maximum Gasteiger partial charge on any atom is 0.00571 e. The molecule has 0 aliphatic carbocycles. The van der Waals surface area contributed by atoms with Crippen LogP contribution in [0.2, 0.25) is 0 Å². The molecular weight excluding hydrogens is 248 g/mol. The van der Waals surface area contributed by atoms with Gasteiger partial charge in [0.15, 0.2) is 0 Å². The predicted octanol–water partition coefficient (Wildman–Crippen LogP) is 4.58. The van der Waals surface area contributed by atoms with Crippen LogP contribution in [0, 0.1) is 26.7 Å². The van der Waals surface area contributed by atoms with Gasteiger partial charge in [-0.05, 0) is 56.2 Å². The van der Waals surface area contributed by atoms with Crippen molar-refractivity contribution in [2.45, 2.75) is 40.5 Å². The highest BCUT2D eigenvalue weighted by Gasteiger charge is 2.06. The minimum atomic E-state index is 0.769. The molecule has 1 aromatic rings. The monoisotopic (exact) mass is 268 g/mol. The van der Waals surface area contributed by atoms with Gasteiger partial charge in [0.1, 0.15) is 0 Å². The van der Waals surface area contributed by atoms with Crippen LogP contribution in [-0.2, 0) is 6.42 Å². The first-order chi connectivity index (χ1) is 7.04. The molecule has 1 unspecified atom stereocenters. The van der Waals surface area contributed by atoms with Crippen LogP contribution in [0.5, 0.6) is 0 Å². The van der Waals surface area contributed by atoms with Crippen LogP contribution in [0.1, 0.15) is 35.6 Å². The summed E-state index contributed by atoms with van der Waals surface area (Å²) in [6.07, 6.45) is 2.49. The summed E-state index contributed by atoms with van der Waals surface area (Å²) in [6.45, 7) is 8.93. The first-order valence-corrected chi connectivity index (χ1v) is 6.79. The van der Waals surface area contributed by atoms with Crippen molar-refractivity contribution in [2.75, 3.05) is 5.33 Å². The fourth-order valence-corrected chi connectivity index (χ4v) is 2.40. The highest BCUT2D eigenvalue weighted by atomic mass is 79.9. The maximum atomic E-state index is 3.54. The van der Waals surface area contributed by atoms with E-state index < -0.39 is 0 Å². The van der Waals surface area contributed by atoms with Gasteiger partial charge in [-0.1, -0.05) is 40.5 Å². The van der Waals surface area contributed by atoms with Gasteiger partial charge in [0, 0.05) is 5.33 Å². The smallest absolute Gasteiger partial charge is 0.00571 e. The zero-order valence-corrected chi connectivity index (χ0v) is 11.8. The van der Waals surface area contributed by atoms with Crippen LogP contribution >= 0.6 is 15.9 Å². The molecule has 0 aromatic heterocycles. The predicted molar refractivity (Wildman–Crippen MR) is 71.9 cm³/mol. The molecule has 0 nitrogen and oxygen atoms in total. The summed E-state index contributed by atoms with van der Waals surface area (Å²) in [5.41, 5.74) is 5.83. The number of hydrogen-bond donors (Lipinski definition) is 0. The number of aryl methyl sites for hydroxylation is 3. The Kier molecular flexibility index (Phi) is 4.85. The molecule has 0 fully saturated rings. The second kappa shape index (κ2) is 5.69. The molecule has 1 heteroatoms. The van der Waals surface area contributed by atoms with Gasteiger partial charge in [0.2, 0.25) is 0 Å². The van der Waals surface area contributed by atoms with Crippen LogP contribution in [0.3, 0.4) is 0 Å². The van der Waals surface area contributed by atoms with Gasteiger partial charge in [-0.3, -0.25) is 0 Å². The maximum absolute atomic E-state index is 3.54. The zero-order chi connectivity index (χ0) is 11.4. The second-order valence-electron chi connectivity index (χ2n) is 4.68. The third-order valence-corrected chi connectivity index (χ3v) is 4.10. The molecule has 0 amide bonds. The average Bonchev–Trinajstić information content (AvgIpc) is 2.15. The van der Waals surface area contributed by atoms with Crippen molar-refractivity contribution in [3.63, 3.8) is 0 Å². The van der Waals surface area contributed by atoms with Crippen LogP contribution in [0.15, 0.2) is 12.1 Å². The molecule has 0 saturated carbocycles. The molecule has 1 aromatic carbocycles. The molecule has 0 N–H and O–H groups in total. The second-order valence-corrected chi connectivity index (χ2v) is 5.32. The summed E-state index contributed by atoms with van der Waals surface area (Å²) in [5, 5.41) is 1.11. The average molecular weight is 269 g/mol. The van der Waals surface area contributed by atoms with Crippen molar-refractivity contribution in [1.29, 1.82) is 0 Å². The van der Waals surface area contributed by atoms with Crippen molar-refractivity contribution in [1.82, 2.24) is 0 Å². The third kappa shape index (κ3) is 3.64. The van der Waals surface area contributed by atoms with E-state index in [-0.39, 0.29) is 0 Å².